The Morgan fingerprint density at radius 1 is 1.17 bits per heavy atom. The van der Waals surface area contributed by atoms with Crippen LogP contribution < -0.4 is 5.32 Å². The average Bonchev–Trinajstić information content (AvgIpc) is 2.09. The molecule has 4 saturated carbocycles. The van der Waals surface area contributed by atoms with E-state index < -0.39 is 0 Å². The molecule has 18 heavy (non-hydrogen) atoms. The Kier molecular flexibility index (Phi) is 2.58. The van der Waals surface area contributed by atoms with Crippen molar-refractivity contribution in [3.05, 3.63) is 0 Å². The molecule has 1 amide bonds. The molecule has 4 aliphatic rings. The third-order valence-electron chi connectivity index (χ3n) is 5.31. The van der Waals surface area contributed by atoms with Gasteiger partial charge in [0.2, 0.25) is 5.91 Å². The highest BCUT2D eigenvalue weighted by molar-refractivity contribution is 5.78. The van der Waals surface area contributed by atoms with Gasteiger partial charge in [-0.2, -0.15) is 0 Å². The van der Waals surface area contributed by atoms with Crippen LogP contribution in [0.2, 0.25) is 0 Å². The highest BCUT2D eigenvalue weighted by Gasteiger charge is 2.60. The molecular formula is C15H25NO2. The summed E-state index contributed by atoms with van der Waals surface area (Å²) in [6.07, 6.45) is 7.60. The van der Waals surface area contributed by atoms with Gasteiger partial charge in [0.1, 0.15) is 6.61 Å². The predicted octanol–water partition coefficient (Wildman–Crippen LogP) is 2.50. The average molecular weight is 251 g/mol. The maximum atomic E-state index is 11.9. The predicted molar refractivity (Wildman–Crippen MR) is 70.2 cm³/mol. The fourth-order valence-corrected chi connectivity index (χ4v) is 6.05. The number of carbonyl (C=O) groups excluding carboxylic acids is 1. The molecule has 0 heterocycles. The van der Waals surface area contributed by atoms with Crippen molar-refractivity contribution in [3.8, 4) is 0 Å². The third-order valence-corrected chi connectivity index (χ3v) is 5.31. The SMILES string of the molecule is COCC(=O)NC12CC3CC(C)(CC(C)(C3)C1)C2. The lowest BCUT2D eigenvalue weighted by molar-refractivity contribution is -0.142. The summed E-state index contributed by atoms with van der Waals surface area (Å²) >= 11 is 0. The Balaban J connectivity index is 1.82. The Bertz CT molecular complexity index is 361. The maximum Gasteiger partial charge on any atom is 0.246 e. The van der Waals surface area contributed by atoms with Gasteiger partial charge in [-0.15, -0.1) is 0 Å². The van der Waals surface area contributed by atoms with Gasteiger partial charge in [-0.3, -0.25) is 4.79 Å². The van der Waals surface area contributed by atoms with Crippen LogP contribution >= 0.6 is 0 Å². The standard InChI is InChI=1S/C15H25NO2/c1-13-4-11-5-14(2,8-13)10-15(6-11,9-13)16-12(17)7-18-3/h11H,4-10H2,1-3H3,(H,16,17). The van der Waals surface area contributed by atoms with E-state index in [9.17, 15) is 4.79 Å². The minimum Gasteiger partial charge on any atom is -0.375 e. The van der Waals surface area contributed by atoms with Gasteiger partial charge in [-0.05, 0) is 55.3 Å². The monoisotopic (exact) mass is 251 g/mol. The summed E-state index contributed by atoms with van der Waals surface area (Å²) in [5.74, 6) is 0.880. The molecule has 2 atom stereocenters. The van der Waals surface area contributed by atoms with Crippen molar-refractivity contribution in [1.82, 2.24) is 5.32 Å². The Morgan fingerprint density at radius 3 is 2.28 bits per heavy atom. The number of methoxy groups -OCH3 is 1. The van der Waals surface area contributed by atoms with E-state index in [0.717, 1.165) is 5.92 Å². The number of hydrogen-bond acceptors (Lipinski definition) is 2. The number of nitrogens with one attached hydrogen (secondary N) is 1. The molecule has 4 bridgehead atoms. The largest absolute Gasteiger partial charge is 0.375 e. The van der Waals surface area contributed by atoms with Crippen LogP contribution in [0.3, 0.4) is 0 Å². The lowest BCUT2D eigenvalue weighted by Gasteiger charge is -2.65. The van der Waals surface area contributed by atoms with Crippen molar-refractivity contribution >= 4 is 5.91 Å². The summed E-state index contributed by atoms with van der Waals surface area (Å²) < 4.78 is 4.96. The number of carbonyl (C=O) groups is 1. The lowest BCUT2D eigenvalue weighted by Crippen LogP contribution is -2.65. The van der Waals surface area contributed by atoms with Crippen LogP contribution in [-0.4, -0.2) is 25.2 Å². The van der Waals surface area contributed by atoms with Crippen molar-refractivity contribution in [2.45, 2.75) is 57.9 Å². The number of hydrogen-bond donors (Lipinski definition) is 1. The van der Waals surface area contributed by atoms with Crippen molar-refractivity contribution in [2.24, 2.45) is 16.7 Å². The minimum absolute atomic E-state index is 0.0617. The zero-order valence-electron chi connectivity index (χ0n) is 11.8. The van der Waals surface area contributed by atoms with Gasteiger partial charge in [0, 0.05) is 12.6 Å². The van der Waals surface area contributed by atoms with Crippen molar-refractivity contribution < 1.29 is 9.53 Å². The van der Waals surface area contributed by atoms with Gasteiger partial charge in [0.05, 0.1) is 0 Å². The lowest BCUT2D eigenvalue weighted by atomic mass is 9.43. The third kappa shape index (κ3) is 1.97. The first kappa shape index (κ1) is 12.5. The molecule has 0 saturated heterocycles. The van der Waals surface area contributed by atoms with Crippen molar-refractivity contribution in [3.63, 3.8) is 0 Å². The molecule has 0 aromatic carbocycles. The van der Waals surface area contributed by atoms with E-state index in [1.165, 1.54) is 38.5 Å². The van der Waals surface area contributed by atoms with Gasteiger partial charge in [-0.1, -0.05) is 13.8 Å². The van der Waals surface area contributed by atoms with E-state index in [-0.39, 0.29) is 18.1 Å². The van der Waals surface area contributed by atoms with Gasteiger partial charge >= 0.3 is 0 Å². The minimum atomic E-state index is 0.0617. The van der Waals surface area contributed by atoms with Crippen LogP contribution in [0, 0.1) is 16.7 Å². The Labute approximate surface area is 110 Å². The summed E-state index contributed by atoms with van der Waals surface area (Å²) in [6.45, 7) is 5.04. The van der Waals surface area contributed by atoms with Crippen LogP contribution in [0.15, 0.2) is 0 Å². The van der Waals surface area contributed by atoms with E-state index in [4.69, 9.17) is 4.74 Å². The number of amides is 1. The van der Waals surface area contributed by atoms with Gasteiger partial charge in [-0.25, -0.2) is 0 Å². The second kappa shape index (κ2) is 3.72. The van der Waals surface area contributed by atoms with Crippen molar-refractivity contribution in [2.75, 3.05) is 13.7 Å². The molecular weight excluding hydrogens is 226 g/mol. The Hall–Kier alpha value is -0.570. The molecule has 3 nitrogen and oxygen atoms in total. The molecule has 4 aliphatic carbocycles. The summed E-state index contributed by atoms with van der Waals surface area (Å²) in [5.41, 5.74) is 0.974. The first-order chi connectivity index (χ1) is 8.36. The molecule has 3 heteroatoms. The maximum absolute atomic E-state index is 11.9. The first-order valence-corrected chi connectivity index (χ1v) is 7.16. The van der Waals surface area contributed by atoms with E-state index in [1.807, 2.05) is 0 Å². The van der Waals surface area contributed by atoms with Crippen LogP contribution in [0.25, 0.3) is 0 Å². The number of rotatable bonds is 3. The van der Waals surface area contributed by atoms with Crippen LogP contribution in [0.1, 0.15) is 52.4 Å². The topological polar surface area (TPSA) is 38.3 Å². The van der Waals surface area contributed by atoms with E-state index in [0.29, 0.717) is 10.8 Å². The first-order valence-electron chi connectivity index (χ1n) is 7.16. The van der Waals surface area contributed by atoms with E-state index in [1.54, 1.807) is 7.11 Å². The highest BCUT2D eigenvalue weighted by Crippen LogP contribution is 2.66. The Morgan fingerprint density at radius 2 is 1.78 bits per heavy atom. The van der Waals surface area contributed by atoms with Crippen LogP contribution in [-0.2, 0) is 9.53 Å². The molecule has 0 radical (unpaired) electrons. The molecule has 0 aromatic rings. The van der Waals surface area contributed by atoms with E-state index in [2.05, 4.69) is 19.2 Å². The summed E-state index contributed by atoms with van der Waals surface area (Å²) in [7, 11) is 1.59. The van der Waals surface area contributed by atoms with Crippen molar-refractivity contribution in [1.29, 1.82) is 0 Å². The highest BCUT2D eigenvalue weighted by atomic mass is 16.5. The second-order valence-electron chi connectivity index (χ2n) is 7.89. The normalized spacial score (nSPS) is 49.4. The smallest absolute Gasteiger partial charge is 0.246 e. The van der Waals surface area contributed by atoms with Gasteiger partial charge in [0.25, 0.3) is 0 Å². The summed E-state index contributed by atoms with van der Waals surface area (Å²) in [6, 6.07) is 0. The molecule has 1 N–H and O–H groups in total. The molecule has 0 spiro atoms. The molecule has 2 unspecified atom stereocenters. The van der Waals surface area contributed by atoms with Gasteiger partial charge in [0.15, 0.2) is 0 Å². The second-order valence-corrected chi connectivity index (χ2v) is 7.89. The number of ether oxygens (including phenoxy) is 1. The molecule has 0 aromatic heterocycles. The summed E-state index contributed by atoms with van der Waals surface area (Å²) in [5, 5.41) is 3.31. The fourth-order valence-electron chi connectivity index (χ4n) is 6.05. The quantitative estimate of drug-likeness (QED) is 0.837. The molecule has 4 rings (SSSR count). The molecule has 4 fully saturated rings. The molecule has 0 aliphatic heterocycles. The van der Waals surface area contributed by atoms with Crippen LogP contribution in [0.5, 0.6) is 0 Å². The van der Waals surface area contributed by atoms with Crippen LogP contribution in [0.4, 0.5) is 0 Å². The zero-order chi connectivity index (χ0) is 13.0. The summed E-state index contributed by atoms with van der Waals surface area (Å²) in [4.78, 5) is 11.9. The zero-order valence-corrected chi connectivity index (χ0v) is 11.8. The van der Waals surface area contributed by atoms with E-state index >= 15 is 0 Å². The van der Waals surface area contributed by atoms with Gasteiger partial charge < -0.3 is 10.1 Å². The molecule has 102 valence electrons. The fraction of sp³-hybridized carbons (Fsp3) is 0.933.